The fourth-order valence-corrected chi connectivity index (χ4v) is 4.75. The lowest BCUT2D eigenvalue weighted by molar-refractivity contribution is 0.230. The maximum Gasteiger partial charge on any atom is 0.0456 e. The molecule has 0 amide bonds. The summed E-state index contributed by atoms with van der Waals surface area (Å²) in [6.07, 6.45) is 4.65. The first-order chi connectivity index (χ1) is 10.8. The maximum absolute atomic E-state index is 6.58. The van der Waals surface area contributed by atoms with E-state index in [9.17, 15) is 0 Å². The van der Waals surface area contributed by atoms with E-state index in [1.165, 1.54) is 41.0 Å². The highest BCUT2D eigenvalue weighted by Gasteiger charge is 2.37. The van der Waals surface area contributed by atoms with Gasteiger partial charge < -0.3 is 0 Å². The zero-order valence-corrected chi connectivity index (χ0v) is 15.6. The predicted octanol–water partition coefficient (Wildman–Crippen LogP) is 5.77. The fourth-order valence-electron chi connectivity index (χ4n) is 4.03. The van der Waals surface area contributed by atoms with Gasteiger partial charge in [0.05, 0.1) is 0 Å². The topological polar surface area (TPSA) is 3.24 Å². The summed E-state index contributed by atoms with van der Waals surface area (Å²) in [6, 6.07) is 16.0. The van der Waals surface area contributed by atoms with Gasteiger partial charge in [-0.25, -0.2) is 0 Å². The number of hydrogen-bond donors (Lipinski definition) is 0. The van der Waals surface area contributed by atoms with Gasteiger partial charge in [-0.05, 0) is 60.5 Å². The Balaban J connectivity index is 0.00000156. The normalized spacial score (nSPS) is 23.0. The molecule has 0 spiro atoms. The molecule has 2 atom stereocenters. The molecule has 2 heterocycles. The van der Waals surface area contributed by atoms with Gasteiger partial charge in [0, 0.05) is 28.4 Å². The second-order valence-electron chi connectivity index (χ2n) is 6.22. The van der Waals surface area contributed by atoms with Crippen LogP contribution in [0, 0.1) is 0 Å². The lowest BCUT2D eigenvalue weighted by atomic mass is 9.81. The summed E-state index contributed by atoms with van der Waals surface area (Å²) in [5.74, 6) is 0.443. The highest BCUT2D eigenvalue weighted by atomic mass is 35.5. The van der Waals surface area contributed by atoms with E-state index in [1.807, 2.05) is 0 Å². The van der Waals surface area contributed by atoms with Crippen molar-refractivity contribution in [2.45, 2.75) is 29.7 Å². The van der Waals surface area contributed by atoms with E-state index in [1.54, 1.807) is 11.8 Å². The minimum Gasteiger partial charge on any atom is -0.295 e. The molecule has 1 nitrogen and oxygen atoms in total. The zero-order valence-electron chi connectivity index (χ0n) is 13.2. The third-order valence-electron chi connectivity index (χ3n) is 5.09. The van der Waals surface area contributed by atoms with Crippen molar-refractivity contribution in [3.63, 3.8) is 0 Å². The smallest absolute Gasteiger partial charge is 0.0456 e. The molecule has 0 bridgehead atoms. The Bertz CT molecular complexity index is 686. The SMILES string of the molecule is CSc1ccc(C2CN3CCC[C@H]3c3c(Cl)cccc32)cc1.Cl. The maximum atomic E-state index is 6.58. The van der Waals surface area contributed by atoms with Crippen LogP contribution in [-0.4, -0.2) is 24.2 Å². The minimum atomic E-state index is 0. The Morgan fingerprint density at radius 3 is 2.65 bits per heavy atom. The van der Waals surface area contributed by atoms with Crippen LogP contribution >= 0.6 is 35.8 Å². The van der Waals surface area contributed by atoms with Crippen molar-refractivity contribution in [1.82, 2.24) is 4.90 Å². The summed E-state index contributed by atoms with van der Waals surface area (Å²) >= 11 is 8.38. The van der Waals surface area contributed by atoms with E-state index in [4.69, 9.17) is 11.6 Å². The van der Waals surface area contributed by atoms with Crippen molar-refractivity contribution in [2.24, 2.45) is 0 Å². The lowest BCUT2D eigenvalue weighted by Crippen LogP contribution is -2.34. The summed E-state index contributed by atoms with van der Waals surface area (Å²) in [5.41, 5.74) is 4.23. The summed E-state index contributed by atoms with van der Waals surface area (Å²) in [7, 11) is 0. The van der Waals surface area contributed by atoms with Crippen LogP contribution in [0.2, 0.25) is 5.02 Å². The van der Waals surface area contributed by atoms with Gasteiger partial charge in [-0.3, -0.25) is 4.90 Å². The van der Waals surface area contributed by atoms with Crippen molar-refractivity contribution in [2.75, 3.05) is 19.3 Å². The van der Waals surface area contributed by atoms with Crippen LogP contribution < -0.4 is 0 Å². The first-order valence-corrected chi connectivity index (χ1v) is 9.54. The third-order valence-corrected chi connectivity index (χ3v) is 6.17. The largest absolute Gasteiger partial charge is 0.295 e. The highest BCUT2D eigenvalue weighted by molar-refractivity contribution is 7.98. The minimum absolute atomic E-state index is 0. The molecule has 4 rings (SSSR count). The van der Waals surface area contributed by atoms with Crippen LogP contribution in [-0.2, 0) is 0 Å². The van der Waals surface area contributed by atoms with Gasteiger partial charge in [0.2, 0.25) is 0 Å². The second kappa shape index (κ2) is 7.06. The van der Waals surface area contributed by atoms with Crippen LogP contribution in [0.4, 0.5) is 0 Å². The van der Waals surface area contributed by atoms with Gasteiger partial charge in [0.25, 0.3) is 0 Å². The average Bonchev–Trinajstić information content (AvgIpc) is 3.02. The molecule has 0 N–H and O–H groups in total. The molecule has 2 aromatic rings. The summed E-state index contributed by atoms with van der Waals surface area (Å²) in [5, 5.41) is 0.944. The van der Waals surface area contributed by atoms with E-state index in [2.05, 4.69) is 53.6 Å². The average molecular weight is 366 g/mol. The Labute approximate surface area is 153 Å². The standard InChI is InChI=1S/C19H20ClNS.ClH/c1-22-14-9-7-13(8-10-14)16-12-21-11-3-6-18(21)19-15(16)4-2-5-17(19)20;/h2,4-5,7-10,16,18H,3,6,11-12H2,1H3;1H/t16?,18-;/m0./s1. The van der Waals surface area contributed by atoms with E-state index < -0.39 is 0 Å². The first kappa shape index (κ1) is 17.2. The molecule has 1 fully saturated rings. The van der Waals surface area contributed by atoms with Crippen LogP contribution in [0.15, 0.2) is 47.4 Å². The number of thioether (sulfide) groups is 1. The summed E-state index contributed by atoms with van der Waals surface area (Å²) in [4.78, 5) is 3.95. The van der Waals surface area contributed by atoms with Crippen LogP contribution in [0.5, 0.6) is 0 Å². The van der Waals surface area contributed by atoms with Crippen LogP contribution in [0.1, 0.15) is 41.5 Å². The van der Waals surface area contributed by atoms with Gasteiger partial charge in [-0.1, -0.05) is 35.9 Å². The van der Waals surface area contributed by atoms with E-state index in [0.29, 0.717) is 12.0 Å². The molecular weight excluding hydrogens is 345 g/mol. The molecule has 0 saturated carbocycles. The highest BCUT2D eigenvalue weighted by Crippen LogP contribution is 2.46. The zero-order chi connectivity index (χ0) is 15.1. The van der Waals surface area contributed by atoms with Crippen molar-refractivity contribution in [1.29, 1.82) is 0 Å². The van der Waals surface area contributed by atoms with E-state index in [-0.39, 0.29) is 12.4 Å². The van der Waals surface area contributed by atoms with Crippen molar-refractivity contribution < 1.29 is 0 Å². The molecule has 2 aliphatic rings. The van der Waals surface area contributed by atoms with Gasteiger partial charge in [-0.2, -0.15) is 0 Å². The number of fused-ring (bicyclic) bond motifs is 3. The lowest BCUT2D eigenvalue weighted by Gasteiger charge is -2.38. The third kappa shape index (κ3) is 3.02. The molecule has 23 heavy (non-hydrogen) atoms. The van der Waals surface area contributed by atoms with Gasteiger partial charge in [0.1, 0.15) is 0 Å². The molecule has 122 valence electrons. The monoisotopic (exact) mass is 365 g/mol. The molecular formula is C19H21Cl2NS. The van der Waals surface area contributed by atoms with Gasteiger partial charge in [0.15, 0.2) is 0 Å². The fraction of sp³-hybridized carbons (Fsp3) is 0.368. The Hall–Kier alpha value is -0.670. The Morgan fingerprint density at radius 2 is 1.91 bits per heavy atom. The van der Waals surface area contributed by atoms with E-state index >= 15 is 0 Å². The summed E-state index contributed by atoms with van der Waals surface area (Å²) < 4.78 is 0. The molecule has 0 radical (unpaired) electrons. The molecule has 4 heteroatoms. The number of hydrogen-bond acceptors (Lipinski definition) is 2. The van der Waals surface area contributed by atoms with Gasteiger partial charge >= 0.3 is 0 Å². The molecule has 0 aromatic heterocycles. The number of halogens is 2. The second-order valence-corrected chi connectivity index (χ2v) is 7.51. The molecule has 1 saturated heterocycles. The molecule has 0 aliphatic carbocycles. The van der Waals surface area contributed by atoms with Crippen molar-refractivity contribution in [3.05, 3.63) is 64.2 Å². The Morgan fingerprint density at radius 1 is 1.13 bits per heavy atom. The van der Waals surface area contributed by atoms with Crippen LogP contribution in [0.3, 0.4) is 0 Å². The molecule has 2 aromatic carbocycles. The van der Waals surface area contributed by atoms with Crippen LogP contribution in [0.25, 0.3) is 0 Å². The van der Waals surface area contributed by atoms with Crippen molar-refractivity contribution in [3.8, 4) is 0 Å². The first-order valence-electron chi connectivity index (χ1n) is 7.94. The Kier molecular flexibility index (Phi) is 5.27. The number of nitrogens with zero attached hydrogens (tertiary/aromatic N) is 1. The summed E-state index contributed by atoms with van der Waals surface area (Å²) in [6.45, 7) is 2.32. The number of benzene rings is 2. The quantitative estimate of drug-likeness (QED) is 0.621. The number of rotatable bonds is 2. The molecule has 1 unspecified atom stereocenters. The van der Waals surface area contributed by atoms with Crippen molar-refractivity contribution >= 4 is 35.8 Å². The molecule has 2 aliphatic heterocycles. The van der Waals surface area contributed by atoms with E-state index in [0.717, 1.165) is 11.6 Å². The van der Waals surface area contributed by atoms with Gasteiger partial charge in [-0.15, -0.1) is 24.2 Å². The predicted molar refractivity (Wildman–Crippen MR) is 102 cm³/mol.